The summed E-state index contributed by atoms with van der Waals surface area (Å²) in [6.07, 6.45) is -1.13. The number of amides is 2. The predicted octanol–water partition coefficient (Wildman–Crippen LogP) is 1.55. The van der Waals surface area contributed by atoms with E-state index < -0.39 is 18.0 Å². The topological polar surface area (TPSA) is 70.2 Å². The van der Waals surface area contributed by atoms with Gasteiger partial charge in [0.2, 0.25) is 11.8 Å². The van der Waals surface area contributed by atoms with E-state index in [1.54, 1.807) is 19.1 Å². The fourth-order valence-corrected chi connectivity index (χ4v) is 2.94. The summed E-state index contributed by atoms with van der Waals surface area (Å²) in [5.74, 6) is -0.398. The standard InChI is InChI=1S/C16H19F2N3O2/c1-9-19-12(8-13(22)20-9)15(23)21-16(6-7-16)11-4-2-10(3-5-11)14(17)18/h2-5,9,12,14,19H,6-8H2,1H3,(H,20,22)(H,21,23). The van der Waals surface area contributed by atoms with E-state index >= 15 is 0 Å². The molecule has 2 atom stereocenters. The Hall–Kier alpha value is -2.02. The summed E-state index contributed by atoms with van der Waals surface area (Å²) in [5, 5.41) is 8.69. The van der Waals surface area contributed by atoms with Crippen molar-refractivity contribution in [1.29, 1.82) is 0 Å². The van der Waals surface area contributed by atoms with Crippen LogP contribution in [0, 0.1) is 0 Å². The van der Waals surface area contributed by atoms with Gasteiger partial charge >= 0.3 is 0 Å². The van der Waals surface area contributed by atoms with Crippen LogP contribution in [-0.4, -0.2) is 24.0 Å². The predicted molar refractivity (Wildman–Crippen MR) is 79.6 cm³/mol. The molecule has 1 heterocycles. The van der Waals surface area contributed by atoms with Crippen LogP contribution in [0.1, 0.15) is 43.7 Å². The van der Waals surface area contributed by atoms with E-state index in [0.717, 1.165) is 18.4 Å². The highest BCUT2D eigenvalue weighted by Gasteiger charge is 2.47. The van der Waals surface area contributed by atoms with Gasteiger partial charge in [-0.15, -0.1) is 0 Å². The molecule has 2 amide bonds. The van der Waals surface area contributed by atoms with E-state index in [1.165, 1.54) is 12.1 Å². The summed E-state index contributed by atoms with van der Waals surface area (Å²) in [5.41, 5.74) is 0.301. The molecule has 5 nitrogen and oxygen atoms in total. The summed E-state index contributed by atoms with van der Waals surface area (Å²) in [4.78, 5) is 24.0. The normalized spacial score (nSPS) is 25.8. The van der Waals surface area contributed by atoms with Gasteiger partial charge in [0.05, 0.1) is 24.2 Å². The third-order valence-electron chi connectivity index (χ3n) is 4.36. The van der Waals surface area contributed by atoms with Crippen molar-refractivity contribution in [3.05, 3.63) is 35.4 Å². The number of benzene rings is 1. The quantitative estimate of drug-likeness (QED) is 0.787. The van der Waals surface area contributed by atoms with Crippen LogP contribution in [0.4, 0.5) is 8.78 Å². The van der Waals surface area contributed by atoms with Crippen LogP contribution in [0.25, 0.3) is 0 Å². The lowest BCUT2D eigenvalue weighted by atomic mass is 10.0. The fraction of sp³-hybridized carbons (Fsp3) is 0.500. The minimum absolute atomic E-state index is 0.0321. The maximum Gasteiger partial charge on any atom is 0.263 e. The highest BCUT2D eigenvalue weighted by molar-refractivity contribution is 5.90. The first-order valence-electron chi connectivity index (χ1n) is 7.66. The Bertz CT molecular complexity index is 614. The Labute approximate surface area is 132 Å². The average molecular weight is 323 g/mol. The van der Waals surface area contributed by atoms with E-state index in [-0.39, 0.29) is 30.0 Å². The molecule has 0 spiro atoms. The second kappa shape index (κ2) is 5.88. The molecule has 1 saturated heterocycles. The third kappa shape index (κ3) is 3.34. The first-order valence-corrected chi connectivity index (χ1v) is 7.66. The highest BCUT2D eigenvalue weighted by atomic mass is 19.3. The Morgan fingerprint density at radius 1 is 1.30 bits per heavy atom. The van der Waals surface area contributed by atoms with Crippen LogP contribution in [-0.2, 0) is 15.1 Å². The summed E-state index contributed by atoms with van der Waals surface area (Å²) < 4.78 is 25.2. The fourth-order valence-electron chi connectivity index (χ4n) is 2.94. The van der Waals surface area contributed by atoms with Crippen molar-refractivity contribution in [2.75, 3.05) is 0 Å². The Morgan fingerprint density at radius 2 is 1.96 bits per heavy atom. The molecule has 7 heteroatoms. The van der Waals surface area contributed by atoms with Gasteiger partial charge in [-0.1, -0.05) is 24.3 Å². The van der Waals surface area contributed by atoms with Crippen LogP contribution in [0.15, 0.2) is 24.3 Å². The second-order valence-corrected chi connectivity index (χ2v) is 6.21. The molecule has 2 fully saturated rings. The molecule has 0 aromatic heterocycles. The molecule has 3 rings (SSSR count). The van der Waals surface area contributed by atoms with Gasteiger partial charge in [0.15, 0.2) is 0 Å². The Kier molecular flexibility index (Phi) is 4.06. The van der Waals surface area contributed by atoms with Crippen LogP contribution >= 0.6 is 0 Å². The summed E-state index contributed by atoms with van der Waals surface area (Å²) >= 11 is 0. The SMILES string of the molecule is CC1NC(=O)CC(C(=O)NC2(c3ccc(C(F)F)cc3)CC2)N1. The first-order chi connectivity index (χ1) is 10.9. The molecular formula is C16H19F2N3O2. The van der Waals surface area contributed by atoms with Crippen molar-refractivity contribution >= 4 is 11.8 Å². The number of carbonyl (C=O) groups is 2. The maximum absolute atomic E-state index is 12.6. The summed E-state index contributed by atoms with van der Waals surface area (Å²) in [6, 6.07) is 5.48. The number of halogens is 2. The molecule has 2 unspecified atom stereocenters. The molecule has 1 saturated carbocycles. The van der Waals surface area contributed by atoms with E-state index in [4.69, 9.17) is 0 Å². The number of alkyl halides is 2. The second-order valence-electron chi connectivity index (χ2n) is 6.21. The van der Waals surface area contributed by atoms with Crippen LogP contribution in [0.3, 0.4) is 0 Å². The van der Waals surface area contributed by atoms with Crippen LogP contribution < -0.4 is 16.0 Å². The largest absolute Gasteiger partial charge is 0.345 e. The summed E-state index contributed by atoms with van der Waals surface area (Å²) in [7, 11) is 0. The van der Waals surface area contributed by atoms with Crippen LogP contribution in [0.5, 0.6) is 0 Å². The van der Waals surface area contributed by atoms with Gasteiger partial charge in [0, 0.05) is 5.56 Å². The zero-order valence-corrected chi connectivity index (χ0v) is 12.7. The van der Waals surface area contributed by atoms with E-state index in [1.807, 2.05) is 0 Å². The van der Waals surface area contributed by atoms with E-state index in [9.17, 15) is 18.4 Å². The highest BCUT2D eigenvalue weighted by Crippen LogP contribution is 2.45. The molecule has 0 radical (unpaired) electrons. The molecule has 0 bridgehead atoms. The molecule has 1 aliphatic heterocycles. The number of nitrogens with one attached hydrogen (secondary N) is 3. The number of rotatable bonds is 4. The van der Waals surface area contributed by atoms with Gasteiger partial charge in [-0.05, 0) is 25.3 Å². The average Bonchev–Trinajstić information content (AvgIpc) is 3.27. The van der Waals surface area contributed by atoms with E-state index in [0.29, 0.717) is 0 Å². The van der Waals surface area contributed by atoms with Gasteiger partial charge in [-0.2, -0.15) is 0 Å². The van der Waals surface area contributed by atoms with Crippen LogP contribution in [0.2, 0.25) is 0 Å². The lowest BCUT2D eigenvalue weighted by molar-refractivity contribution is -0.132. The Balaban J connectivity index is 1.69. The monoisotopic (exact) mass is 323 g/mol. The van der Waals surface area contributed by atoms with Crippen molar-refractivity contribution in [3.63, 3.8) is 0 Å². The van der Waals surface area contributed by atoms with Crippen molar-refractivity contribution in [3.8, 4) is 0 Å². The molecule has 1 aromatic carbocycles. The molecule has 3 N–H and O–H groups in total. The maximum atomic E-state index is 12.6. The number of hydrogen-bond acceptors (Lipinski definition) is 3. The lowest BCUT2D eigenvalue weighted by Gasteiger charge is -2.30. The first kappa shape index (κ1) is 15.9. The van der Waals surface area contributed by atoms with Gasteiger partial charge in [0.25, 0.3) is 6.43 Å². The van der Waals surface area contributed by atoms with Gasteiger partial charge in [0.1, 0.15) is 0 Å². The third-order valence-corrected chi connectivity index (χ3v) is 4.36. The van der Waals surface area contributed by atoms with Crippen molar-refractivity contribution < 1.29 is 18.4 Å². The smallest absolute Gasteiger partial charge is 0.263 e. The van der Waals surface area contributed by atoms with Gasteiger partial charge in [-0.25, -0.2) is 8.78 Å². The molecule has 1 aromatic rings. The molecule has 1 aliphatic carbocycles. The molecule has 2 aliphatic rings. The molecule has 124 valence electrons. The number of hydrogen-bond donors (Lipinski definition) is 3. The van der Waals surface area contributed by atoms with E-state index in [2.05, 4.69) is 16.0 Å². The Morgan fingerprint density at radius 3 is 2.48 bits per heavy atom. The molecular weight excluding hydrogens is 304 g/mol. The minimum atomic E-state index is -2.50. The van der Waals surface area contributed by atoms with Crippen molar-refractivity contribution in [1.82, 2.24) is 16.0 Å². The van der Waals surface area contributed by atoms with Gasteiger partial charge in [-0.3, -0.25) is 14.9 Å². The van der Waals surface area contributed by atoms with Crippen molar-refractivity contribution in [2.45, 2.75) is 50.4 Å². The van der Waals surface area contributed by atoms with Gasteiger partial charge < -0.3 is 10.6 Å². The molecule has 23 heavy (non-hydrogen) atoms. The lowest BCUT2D eigenvalue weighted by Crippen LogP contribution is -2.60. The summed E-state index contributed by atoms with van der Waals surface area (Å²) in [6.45, 7) is 1.77. The zero-order valence-electron chi connectivity index (χ0n) is 12.7. The minimum Gasteiger partial charge on any atom is -0.345 e. The number of carbonyl (C=O) groups excluding carboxylic acids is 2. The van der Waals surface area contributed by atoms with Crippen molar-refractivity contribution in [2.24, 2.45) is 0 Å². The zero-order chi connectivity index (χ0) is 16.6.